The number of nitrogens with zero attached hydrogens (tertiary/aromatic N) is 1. The van der Waals surface area contributed by atoms with E-state index in [-0.39, 0.29) is 11.6 Å². The summed E-state index contributed by atoms with van der Waals surface area (Å²) in [4.78, 5) is 4.11. The summed E-state index contributed by atoms with van der Waals surface area (Å²) in [6.07, 6.45) is 1.75. The van der Waals surface area contributed by atoms with Gasteiger partial charge in [-0.15, -0.1) is 0 Å². The first-order valence-corrected chi connectivity index (χ1v) is 8.25. The van der Waals surface area contributed by atoms with E-state index in [9.17, 15) is 8.78 Å². The van der Waals surface area contributed by atoms with Crippen molar-refractivity contribution >= 4 is 5.96 Å². The number of aliphatic imine (C=N–C) groups is 1. The molecular weight excluding hydrogens is 324 g/mol. The molecule has 0 unspecified atom stereocenters. The lowest BCUT2D eigenvalue weighted by Gasteiger charge is -2.12. The third-order valence-electron chi connectivity index (χ3n) is 3.57. The van der Waals surface area contributed by atoms with Crippen LogP contribution in [0, 0.1) is 11.6 Å². The maximum Gasteiger partial charge on any atom is 0.191 e. The summed E-state index contributed by atoms with van der Waals surface area (Å²) in [6, 6.07) is 12.6. The number of nitrogens with one attached hydrogen (secondary N) is 2. The molecule has 0 fully saturated rings. The van der Waals surface area contributed by atoms with Crippen molar-refractivity contribution in [3.05, 3.63) is 65.7 Å². The second kappa shape index (κ2) is 10.3. The van der Waals surface area contributed by atoms with Gasteiger partial charge in [0.05, 0.1) is 6.61 Å². The Kier molecular flexibility index (Phi) is 7.69. The van der Waals surface area contributed by atoms with E-state index in [4.69, 9.17) is 4.74 Å². The Bertz CT molecular complexity index is 675. The van der Waals surface area contributed by atoms with Crippen LogP contribution in [0.25, 0.3) is 0 Å². The van der Waals surface area contributed by atoms with Crippen LogP contribution in [0.3, 0.4) is 0 Å². The number of hydrogen-bond donors (Lipinski definition) is 2. The van der Waals surface area contributed by atoms with Gasteiger partial charge >= 0.3 is 0 Å². The van der Waals surface area contributed by atoms with Crippen molar-refractivity contribution in [3.63, 3.8) is 0 Å². The first-order chi connectivity index (χ1) is 12.2. The molecule has 0 heterocycles. The van der Waals surface area contributed by atoms with Crippen molar-refractivity contribution in [2.45, 2.75) is 19.4 Å². The molecule has 4 nitrogen and oxygen atoms in total. The van der Waals surface area contributed by atoms with Crippen LogP contribution < -0.4 is 15.4 Å². The number of guanidine groups is 1. The van der Waals surface area contributed by atoms with Gasteiger partial charge in [-0.3, -0.25) is 4.99 Å². The Morgan fingerprint density at radius 1 is 1.00 bits per heavy atom. The highest BCUT2D eigenvalue weighted by Crippen LogP contribution is 2.11. The van der Waals surface area contributed by atoms with E-state index in [2.05, 4.69) is 15.6 Å². The molecule has 0 aliphatic carbocycles. The van der Waals surface area contributed by atoms with Gasteiger partial charge in [0.2, 0.25) is 0 Å². The summed E-state index contributed by atoms with van der Waals surface area (Å²) < 4.78 is 31.9. The van der Waals surface area contributed by atoms with Crippen LogP contribution in [0.2, 0.25) is 0 Å². The van der Waals surface area contributed by atoms with Gasteiger partial charge in [-0.05, 0) is 43.2 Å². The Morgan fingerprint density at radius 2 is 1.76 bits per heavy atom. The number of halogens is 2. The number of ether oxygens (including phenoxy) is 1. The minimum Gasteiger partial charge on any atom is -0.494 e. The highest BCUT2D eigenvalue weighted by Gasteiger charge is 2.02. The molecule has 0 spiro atoms. The molecule has 0 saturated heterocycles. The summed E-state index contributed by atoms with van der Waals surface area (Å²) >= 11 is 0. The van der Waals surface area contributed by atoms with E-state index in [1.165, 1.54) is 18.2 Å². The van der Waals surface area contributed by atoms with Crippen LogP contribution in [0.5, 0.6) is 5.75 Å². The Morgan fingerprint density at radius 3 is 2.48 bits per heavy atom. The minimum atomic E-state index is -0.272. The van der Waals surface area contributed by atoms with Gasteiger partial charge in [0.25, 0.3) is 0 Å². The van der Waals surface area contributed by atoms with Crippen LogP contribution in [0.1, 0.15) is 18.4 Å². The van der Waals surface area contributed by atoms with Gasteiger partial charge in [-0.25, -0.2) is 8.78 Å². The van der Waals surface area contributed by atoms with E-state index >= 15 is 0 Å². The lowest BCUT2D eigenvalue weighted by molar-refractivity contribution is 0.306. The zero-order valence-corrected chi connectivity index (χ0v) is 14.3. The van der Waals surface area contributed by atoms with E-state index < -0.39 is 0 Å². The summed E-state index contributed by atoms with van der Waals surface area (Å²) in [5, 5.41) is 6.26. The zero-order chi connectivity index (χ0) is 17.9. The molecule has 2 rings (SSSR count). The van der Waals surface area contributed by atoms with E-state index in [0.717, 1.165) is 19.4 Å². The number of hydrogen-bond acceptors (Lipinski definition) is 2. The molecule has 0 radical (unpaired) electrons. The van der Waals surface area contributed by atoms with Gasteiger partial charge in [0.1, 0.15) is 17.4 Å². The summed E-state index contributed by atoms with van der Waals surface area (Å²) in [5.74, 6) is 0.786. The second-order valence-electron chi connectivity index (χ2n) is 5.45. The Labute approximate surface area is 146 Å². The molecule has 2 aromatic carbocycles. The van der Waals surface area contributed by atoms with E-state index in [0.29, 0.717) is 30.4 Å². The average molecular weight is 347 g/mol. The lowest BCUT2D eigenvalue weighted by atomic mass is 10.2. The van der Waals surface area contributed by atoms with Gasteiger partial charge in [-0.2, -0.15) is 0 Å². The van der Waals surface area contributed by atoms with Crippen LogP contribution in [0.15, 0.2) is 53.5 Å². The smallest absolute Gasteiger partial charge is 0.191 e. The predicted molar refractivity (Wildman–Crippen MR) is 95.7 cm³/mol. The summed E-state index contributed by atoms with van der Waals surface area (Å²) in [6.45, 7) is 1.66. The quantitative estimate of drug-likeness (QED) is 0.436. The SMILES string of the molecule is CN=C(NCCCCOc1ccc(F)cc1)NCc1ccccc1F. The van der Waals surface area contributed by atoms with Gasteiger partial charge in [0, 0.05) is 25.7 Å². The summed E-state index contributed by atoms with van der Waals surface area (Å²) in [5.41, 5.74) is 0.596. The minimum absolute atomic E-state index is 0.233. The molecular formula is C19H23F2N3O. The third-order valence-corrected chi connectivity index (χ3v) is 3.57. The van der Waals surface area contributed by atoms with Crippen molar-refractivity contribution in [2.75, 3.05) is 20.2 Å². The molecule has 2 N–H and O–H groups in total. The van der Waals surface area contributed by atoms with E-state index in [1.807, 2.05) is 0 Å². The van der Waals surface area contributed by atoms with Gasteiger partial charge in [-0.1, -0.05) is 18.2 Å². The molecule has 2 aromatic rings. The van der Waals surface area contributed by atoms with E-state index in [1.54, 1.807) is 37.4 Å². The Hall–Kier alpha value is -2.63. The lowest BCUT2D eigenvalue weighted by Crippen LogP contribution is -2.37. The average Bonchev–Trinajstić information content (AvgIpc) is 2.63. The van der Waals surface area contributed by atoms with Crippen LogP contribution in [0.4, 0.5) is 8.78 Å². The fourth-order valence-electron chi connectivity index (χ4n) is 2.20. The third kappa shape index (κ3) is 6.79. The van der Waals surface area contributed by atoms with Gasteiger partial charge < -0.3 is 15.4 Å². The predicted octanol–water partition coefficient (Wildman–Crippen LogP) is 3.49. The van der Waals surface area contributed by atoms with Crippen molar-refractivity contribution in [1.82, 2.24) is 10.6 Å². The number of rotatable bonds is 8. The van der Waals surface area contributed by atoms with Crippen molar-refractivity contribution < 1.29 is 13.5 Å². The number of benzene rings is 2. The van der Waals surface area contributed by atoms with Gasteiger partial charge in [0.15, 0.2) is 5.96 Å². The monoisotopic (exact) mass is 347 g/mol. The fraction of sp³-hybridized carbons (Fsp3) is 0.316. The molecule has 0 atom stereocenters. The largest absolute Gasteiger partial charge is 0.494 e. The maximum atomic E-state index is 13.6. The summed E-state index contributed by atoms with van der Waals surface area (Å²) in [7, 11) is 1.67. The normalized spacial score (nSPS) is 11.2. The number of unbranched alkanes of at least 4 members (excludes halogenated alkanes) is 1. The molecule has 25 heavy (non-hydrogen) atoms. The maximum absolute atomic E-state index is 13.6. The van der Waals surface area contributed by atoms with Crippen LogP contribution in [-0.2, 0) is 6.54 Å². The highest BCUT2D eigenvalue weighted by atomic mass is 19.1. The zero-order valence-electron chi connectivity index (χ0n) is 14.3. The first-order valence-electron chi connectivity index (χ1n) is 8.25. The standard InChI is InChI=1S/C19H23F2N3O/c1-22-19(24-14-15-6-2-3-7-18(15)21)23-12-4-5-13-25-17-10-8-16(20)9-11-17/h2-3,6-11H,4-5,12-14H2,1H3,(H2,22,23,24). The van der Waals surface area contributed by atoms with Crippen molar-refractivity contribution in [1.29, 1.82) is 0 Å². The molecule has 0 bridgehead atoms. The highest BCUT2D eigenvalue weighted by molar-refractivity contribution is 5.79. The molecule has 0 amide bonds. The topological polar surface area (TPSA) is 45.7 Å². The van der Waals surface area contributed by atoms with Crippen molar-refractivity contribution in [2.24, 2.45) is 4.99 Å². The molecule has 0 aromatic heterocycles. The molecule has 0 aliphatic rings. The Balaban J connectivity index is 1.59. The van der Waals surface area contributed by atoms with Crippen LogP contribution >= 0.6 is 0 Å². The fourth-order valence-corrected chi connectivity index (χ4v) is 2.20. The molecule has 0 aliphatic heterocycles. The molecule has 0 saturated carbocycles. The molecule has 6 heteroatoms. The van der Waals surface area contributed by atoms with Crippen LogP contribution in [-0.4, -0.2) is 26.2 Å². The second-order valence-corrected chi connectivity index (χ2v) is 5.45. The molecule has 134 valence electrons. The van der Waals surface area contributed by atoms with Crippen molar-refractivity contribution in [3.8, 4) is 5.75 Å². The first kappa shape index (κ1) is 18.7.